The van der Waals surface area contributed by atoms with Crippen molar-refractivity contribution in [2.45, 2.75) is 32.2 Å². The van der Waals surface area contributed by atoms with Gasteiger partial charge >= 0.3 is 0 Å². The molecule has 0 aliphatic carbocycles. The number of nitriles is 1. The van der Waals surface area contributed by atoms with Crippen LogP contribution in [0.1, 0.15) is 31.7 Å². The van der Waals surface area contributed by atoms with Crippen molar-refractivity contribution in [3.8, 4) is 6.07 Å². The fourth-order valence-electron chi connectivity index (χ4n) is 2.31. The number of rotatable bonds is 1. The molecule has 1 saturated heterocycles. The van der Waals surface area contributed by atoms with Gasteiger partial charge in [0.15, 0.2) is 0 Å². The van der Waals surface area contributed by atoms with Crippen molar-refractivity contribution in [2.24, 2.45) is 0 Å². The molecule has 0 saturated carbocycles. The van der Waals surface area contributed by atoms with Crippen LogP contribution >= 0.6 is 0 Å². The van der Waals surface area contributed by atoms with E-state index >= 15 is 0 Å². The number of benzene rings is 1. The van der Waals surface area contributed by atoms with Crippen LogP contribution in [0, 0.1) is 11.3 Å². The Morgan fingerprint density at radius 1 is 1.44 bits per heavy atom. The summed E-state index contributed by atoms with van der Waals surface area (Å²) >= 11 is 0. The van der Waals surface area contributed by atoms with Crippen molar-refractivity contribution in [3.05, 3.63) is 23.8 Å². The van der Waals surface area contributed by atoms with Crippen LogP contribution in [0.5, 0.6) is 0 Å². The van der Waals surface area contributed by atoms with Gasteiger partial charge in [0, 0.05) is 18.3 Å². The molecule has 1 unspecified atom stereocenters. The third-order valence-electron chi connectivity index (χ3n) is 3.29. The first-order valence-electron chi connectivity index (χ1n) is 5.78. The fraction of sp³-hybridized carbons (Fsp3) is 0.462. The number of hydrogen-bond acceptors (Lipinski definition) is 3. The SMILES string of the molecule is CC1CCCCN1c1ccc(C#N)c(N)c1. The summed E-state index contributed by atoms with van der Waals surface area (Å²) in [4.78, 5) is 2.38. The molecule has 0 spiro atoms. The Morgan fingerprint density at radius 3 is 2.88 bits per heavy atom. The maximum atomic E-state index is 8.83. The number of hydrogen-bond donors (Lipinski definition) is 1. The monoisotopic (exact) mass is 215 g/mol. The van der Waals surface area contributed by atoms with Crippen molar-refractivity contribution in [2.75, 3.05) is 17.2 Å². The maximum absolute atomic E-state index is 8.83. The standard InChI is InChI=1S/C13H17N3/c1-10-4-2-3-7-16(10)12-6-5-11(9-14)13(15)8-12/h5-6,8,10H,2-4,7,15H2,1H3. The number of piperidine rings is 1. The van der Waals surface area contributed by atoms with Crippen LogP contribution in [-0.4, -0.2) is 12.6 Å². The van der Waals surface area contributed by atoms with E-state index in [0.29, 0.717) is 17.3 Å². The second-order valence-corrected chi connectivity index (χ2v) is 4.42. The van der Waals surface area contributed by atoms with Gasteiger partial charge in [0.25, 0.3) is 0 Å². The lowest BCUT2D eigenvalue weighted by Gasteiger charge is -2.35. The highest BCUT2D eigenvalue weighted by Gasteiger charge is 2.18. The first-order valence-corrected chi connectivity index (χ1v) is 5.78. The van der Waals surface area contributed by atoms with Crippen molar-refractivity contribution in [3.63, 3.8) is 0 Å². The average molecular weight is 215 g/mol. The molecule has 0 bridgehead atoms. The van der Waals surface area contributed by atoms with E-state index in [2.05, 4.69) is 17.9 Å². The average Bonchev–Trinajstić information content (AvgIpc) is 2.29. The van der Waals surface area contributed by atoms with Gasteiger partial charge in [-0.3, -0.25) is 0 Å². The number of nitrogens with zero attached hydrogens (tertiary/aromatic N) is 2. The summed E-state index contributed by atoms with van der Waals surface area (Å²) in [5.41, 5.74) is 8.12. The Balaban J connectivity index is 2.27. The van der Waals surface area contributed by atoms with Crippen LogP contribution < -0.4 is 10.6 Å². The topological polar surface area (TPSA) is 53.0 Å². The van der Waals surface area contributed by atoms with Gasteiger partial charge in [0.2, 0.25) is 0 Å². The van der Waals surface area contributed by atoms with Crippen molar-refractivity contribution in [1.29, 1.82) is 5.26 Å². The molecular formula is C13H17N3. The summed E-state index contributed by atoms with van der Waals surface area (Å²) in [6.45, 7) is 3.33. The lowest BCUT2D eigenvalue weighted by atomic mass is 10.0. The van der Waals surface area contributed by atoms with Crippen LogP contribution in [0.15, 0.2) is 18.2 Å². The summed E-state index contributed by atoms with van der Waals surface area (Å²) in [6.07, 6.45) is 3.79. The molecule has 1 aromatic rings. The molecule has 1 aromatic carbocycles. The van der Waals surface area contributed by atoms with E-state index in [1.165, 1.54) is 19.3 Å². The molecule has 1 fully saturated rings. The molecule has 16 heavy (non-hydrogen) atoms. The third-order valence-corrected chi connectivity index (χ3v) is 3.29. The van der Waals surface area contributed by atoms with Crippen LogP contribution in [-0.2, 0) is 0 Å². The van der Waals surface area contributed by atoms with Crippen LogP contribution in [0.4, 0.5) is 11.4 Å². The van der Waals surface area contributed by atoms with Crippen molar-refractivity contribution in [1.82, 2.24) is 0 Å². The van der Waals surface area contributed by atoms with E-state index < -0.39 is 0 Å². The quantitative estimate of drug-likeness (QED) is 0.732. The Kier molecular flexibility index (Phi) is 3.00. The Hall–Kier alpha value is -1.69. The summed E-state index contributed by atoms with van der Waals surface area (Å²) in [5.74, 6) is 0. The van der Waals surface area contributed by atoms with Gasteiger partial charge in [0.05, 0.1) is 11.3 Å². The highest BCUT2D eigenvalue weighted by atomic mass is 15.2. The molecule has 3 heteroatoms. The summed E-state index contributed by atoms with van der Waals surface area (Å²) in [5, 5.41) is 8.83. The summed E-state index contributed by atoms with van der Waals surface area (Å²) < 4.78 is 0. The van der Waals surface area contributed by atoms with Crippen LogP contribution in [0.25, 0.3) is 0 Å². The highest BCUT2D eigenvalue weighted by Crippen LogP contribution is 2.27. The lowest BCUT2D eigenvalue weighted by Crippen LogP contribution is -2.37. The molecule has 1 atom stereocenters. The molecule has 0 aromatic heterocycles. The number of nitrogens with two attached hydrogens (primary N) is 1. The molecule has 1 aliphatic rings. The zero-order valence-corrected chi connectivity index (χ0v) is 9.61. The Morgan fingerprint density at radius 2 is 2.25 bits per heavy atom. The van der Waals surface area contributed by atoms with Gasteiger partial charge in [-0.05, 0) is 44.4 Å². The van der Waals surface area contributed by atoms with Gasteiger partial charge in [0.1, 0.15) is 6.07 Å². The molecule has 1 aliphatic heterocycles. The maximum Gasteiger partial charge on any atom is 0.101 e. The summed E-state index contributed by atoms with van der Waals surface area (Å²) in [6, 6.07) is 8.39. The summed E-state index contributed by atoms with van der Waals surface area (Å²) in [7, 11) is 0. The number of anilines is 2. The van der Waals surface area contributed by atoms with E-state index in [4.69, 9.17) is 11.0 Å². The minimum atomic E-state index is 0.563. The Bertz CT molecular complexity index is 420. The van der Waals surface area contributed by atoms with E-state index in [1.54, 1.807) is 0 Å². The fourth-order valence-corrected chi connectivity index (χ4v) is 2.31. The normalized spacial score (nSPS) is 20.5. The van der Waals surface area contributed by atoms with Crippen LogP contribution in [0.2, 0.25) is 0 Å². The molecular weight excluding hydrogens is 198 g/mol. The van der Waals surface area contributed by atoms with Gasteiger partial charge in [-0.25, -0.2) is 0 Å². The van der Waals surface area contributed by atoms with E-state index in [1.807, 2.05) is 18.2 Å². The second-order valence-electron chi connectivity index (χ2n) is 4.42. The van der Waals surface area contributed by atoms with Crippen molar-refractivity contribution < 1.29 is 0 Å². The van der Waals surface area contributed by atoms with E-state index in [0.717, 1.165) is 12.2 Å². The predicted octanol–water partition coefficient (Wildman–Crippen LogP) is 2.52. The largest absolute Gasteiger partial charge is 0.398 e. The molecule has 84 valence electrons. The third kappa shape index (κ3) is 1.96. The van der Waals surface area contributed by atoms with E-state index in [9.17, 15) is 0 Å². The highest BCUT2D eigenvalue weighted by molar-refractivity contribution is 5.64. The molecule has 3 nitrogen and oxygen atoms in total. The van der Waals surface area contributed by atoms with Crippen LogP contribution in [0.3, 0.4) is 0 Å². The number of nitrogen functional groups attached to an aromatic ring is 1. The zero-order valence-electron chi connectivity index (χ0n) is 9.61. The van der Waals surface area contributed by atoms with E-state index in [-0.39, 0.29) is 0 Å². The van der Waals surface area contributed by atoms with Gasteiger partial charge in [-0.1, -0.05) is 0 Å². The first kappa shape index (κ1) is 10.8. The van der Waals surface area contributed by atoms with Gasteiger partial charge < -0.3 is 10.6 Å². The zero-order chi connectivity index (χ0) is 11.5. The van der Waals surface area contributed by atoms with Gasteiger partial charge in [-0.2, -0.15) is 5.26 Å². The minimum absolute atomic E-state index is 0.563. The lowest BCUT2D eigenvalue weighted by molar-refractivity contribution is 0.485. The predicted molar refractivity (Wildman–Crippen MR) is 66.2 cm³/mol. The minimum Gasteiger partial charge on any atom is -0.398 e. The molecule has 2 rings (SSSR count). The van der Waals surface area contributed by atoms with Crippen molar-refractivity contribution >= 4 is 11.4 Å². The smallest absolute Gasteiger partial charge is 0.101 e. The van der Waals surface area contributed by atoms with Gasteiger partial charge in [-0.15, -0.1) is 0 Å². The molecule has 0 amide bonds. The molecule has 0 radical (unpaired) electrons. The molecule has 1 heterocycles. The first-order chi connectivity index (χ1) is 7.72. The second kappa shape index (κ2) is 4.44. The molecule has 2 N–H and O–H groups in total. The Labute approximate surface area is 96.5 Å².